The lowest BCUT2D eigenvalue weighted by atomic mass is 9.95. The Labute approximate surface area is 566 Å². The summed E-state index contributed by atoms with van der Waals surface area (Å²) in [5, 5.41) is 82.0. The molecule has 6 aliphatic rings. The molecule has 1 aromatic rings. The standard InChI is InChI=1S/C71H114O25/c1-10-13-15-16-19-23-31-37-49(73)91-65-64(96-67-55(79)53(77)51(75)41(5)83-67)60(94-69-62(90-50(74)39-38-46-32-27-25-28-33-46)56(80)58(43(7)85-69)92-66(82)40(4)12-3)45(9)87-71(65)93-59-44(8)86-70-63(57(59)81)89-48(72)36-30-24-21-18-17-20-22-29-35-47(34-26-14-11-2)88-68-61(95-70)54(78)52(76)42(6)84-68/h25,27-28,32-33,38-45,47,51-65,67-71,75-81H,10-24,26,29-31,34-37H2,1-9H3/b39-38+/t40-,41-,42+,43-,44-,45-,47-,51-,52-,53+,54-,55+,56+,57+,58-,59-,60-,61+,62+,63+,64+,65+,67-,68-,69-,70-,71-/m0/s1. The number of benzene rings is 1. The summed E-state index contributed by atoms with van der Waals surface area (Å²) in [5.74, 6) is -3.67. The third-order valence-electron chi connectivity index (χ3n) is 19.4. The Morgan fingerprint density at radius 2 is 1.05 bits per heavy atom. The number of unbranched alkanes of at least 4 members (excludes halogenated alkanes) is 8. The smallest absolute Gasteiger partial charge is 0.331 e. The molecule has 0 bridgehead atoms. The number of aliphatic hydroxyl groups is 7. The number of esters is 4. The molecule has 6 saturated heterocycles. The summed E-state index contributed by atoms with van der Waals surface area (Å²) < 4.78 is 89.9. The summed E-state index contributed by atoms with van der Waals surface area (Å²) in [6, 6.07) is 8.85. The van der Waals surface area contributed by atoms with E-state index in [-0.39, 0.29) is 18.9 Å². The first-order valence-corrected chi connectivity index (χ1v) is 35.9. The van der Waals surface area contributed by atoms with Gasteiger partial charge in [-0.15, -0.1) is 0 Å². The van der Waals surface area contributed by atoms with Gasteiger partial charge in [0.25, 0.3) is 0 Å². The zero-order valence-electron chi connectivity index (χ0n) is 57.9. The molecule has 0 saturated carbocycles. The number of fused-ring (bicyclic) bond motifs is 2. The zero-order valence-corrected chi connectivity index (χ0v) is 57.9. The third-order valence-corrected chi connectivity index (χ3v) is 19.4. The van der Waals surface area contributed by atoms with Crippen molar-refractivity contribution in [3.8, 4) is 0 Å². The molecule has 7 N–H and O–H groups in total. The van der Waals surface area contributed by atoms with Crippen LogP contribution in [0.1, 0.15) is 216 Å². The lowest BCUT2D eigenvalue weighted by Gasteiger charge is -2.51. The molecular formula is C71H114O25. The van der Waals surface area contributed by atoms with Crippen LogP contribution >= 0.6 is 0 Å². The highest BCUT2D eigenvalue weighted by atomic mass is 16.8. The van der Waals surface area contributed by atoms with Crippen LogP contribution in [0.15, 0.2) is 36.4 Å². The molecule has 25 nitrogen and oxygen atoms in total. The van der Waals surface area contributed by atoms with E-state index in [4.69, 9.17) is 66.3 Å². The molecule has 27 atom stereocenters. The summed E-state index contributed by atoms with van der Waals surface area (Å²) in [6.07, 6.45) is -19.1. The number of aliphatic hydroxyl groups excluding tert-OH is 7. The molecule has 0 unspecified atom stereocenters. The SMILES string of the molecule is CCCCCCCCCC(=O)O[C@H]1[C@H](O[C@@H]2[C@@H](O)[C@H]3OC(=O)CCCCCCCCCC[C@H](CCCCC)O[C@@H]4O[C@H](C)[C@H](O)[C@H](O)[C@H]4O[C@@H]3O[C@H]2C)O[C@@H](C)[C@H](O[C@@H]2O[C@@H](C)[C@H](OC(=O)[C@@H](C)CC)[C@@H](O)[C@H]2OC(=O)/C=C/c2ccccc2)[C@H]1O[C@@H]1O[C@@H](C)[C@H](O)[C@@H](O)[C@H]1O. The maximum atomic E-state index is 14.5. The van der Waals surface area contributed by atoms with Crippen LogP contribution in [0.5, 0.6) is 0 Å². The molecule has 0 spiro atoms. The quantitative estimate of drug-likeness (QED) is 0.0220. The van der Waals surface area contributed by atoms with Gasteiger partial charge in [0.05, 0.1) is 42.5 Å². The molecule has 0 aliphatic carbocycles. The van der Waals surface area contributed by atoms with Crippen LogP contribution in [-0.2, 0) is 85.5 Å². The molecule has 25 heteroatoms. The Hall–Kier alpha value is -3.84. The van der Waals surface area contributed by atoms with Crippen LogP contribution < -0.4 is 0 Å². The summed E-state index contributed by atoms with van der Waals surface area (Å²) in [6.45, 7) is 15.3. The monoisotopic (exact) mass is 1370 g/mol. The van der Waals surface area contributed by atoms with Gasteiger partial charge in [-0.1, -0.05) is 161 Å². The second-order valence-electron chi connectivity index (χ2n) is 27.1. The van der Waals surface area contributed by atoms with Crippen molar-refractivity contribution in [3.05, 3.63) is 42.0 Å². The highest BCUT2D eigenvalue weighted by Gasteiger charge is 2.59. The van der Waals surface area contributed by atoms with Crippen molar-refractivity contribution >= 4 is 30.0 Å². The molecule has 96 heavy (non-hydrogen) atoms. The summed E-state index contributed by atoms with van der Waals surface area (Å²) in [7, 11) is 0. The Morgan fingerprint density at radius 3 is 1.74 bits per heavy atom. The van der Waals surface area contributed by atoms with Gasteiger partial charge < -0.3 is 102 Å². The van der Waals surface area contributed by atoms with Crippen LogP contribution in [0.4, 0.5) is 0 Å². The van der Waals surface area contributed by atoms with E-state index in [1.165, 1.54) is 33.8 Å². The summed E-state index contributed by atoms with van der Waals surface area (Å²) >= 11 is 0. The van der Waals surface area contributed by atoms with Gasteiger partial charge in [-0.05, 0) is 78.4 Å². The van der Waals surface area contributed by atoms with E-state index in [2.05, 4.69) is 13.8 Å². The van der Waals surface area contributed by atoms with Crippen LogP contribution in [-0.4, -0.2) is 219 Å². The van der Waals surface area contributed by atoms with Crippen molar-refractivity contribution in [3.63, 3.8) is 0 Å². The van der Waals surface area contributed by atoms with Gasteiger partial charge in [0.15, 0.2) is 55.9 Å². The maximum absolute atomic E-state index is 14.5. The highest BCUT2D eigenvalue weighted by molar-refractivity contribution is 5.87. The molecule has 0 aromatic heterocycles. The Balaban J connectivity index is 1.26. The van der Waals surface area contributed by atoms with Crippen molar-refractivity contribution in [1.29, 1.82) is 0 Å². The number of rotatable bonds is 25. The Bertz CT molecular complexity index is 2470. The highest BCUT2D eigenvalue weighted by Crippen LogP contribution is 2.40. The minimum absolute atomic E-state index is 0.0394. The average molecular weight is 1370 g/mol. The van der Waals surface area contributed by atoms with Gasteiger partial charge in [-0.3, -0.25) is 14.4 Å². The molecule has 0 radical (unpaired) electrons. The molecular weight excluding hydrogens is 1250 g/mol. The minimum atomic E-state index is -1.95. The maximum Gasteiger partial charge on any atom is 0.331 e. The van der Waals surface area contributed by atoms with Crippen LogP contribution in [0.2, 0.25) is 0 Å². The minimum Gasteiger partial charge on any atom is -0.456 e. The first-order valence-electron chi connectivity index (χ1n) is 35.9. The number of ether oxygens (including phenoxy) is 14. The van der Waals surface area contributed by atoms with Gasteiger partial charge >= 0.3 is 23.9 Å². The second kappa shape index (κ2) is 40.0. The molecule has 0 amide bonds. The summed E-state index contributed by atoms with van der Waals surface area (Å²) in [5.41, 5.74) is 0.645. The Kier molecular flexibility index (Phi) is 33.1. The van der Waals surface area contributed by atoms with E-state index in [1.807, 2.05) is 0 Å². The van der Waals surface area contributed by atoms with Crippen molar-refractivity contribution < 1.29 is 121 Å². The number of carbonyl (C=O) groups excluding carboxylic acids is 4. The van der Waals surface area contributed by atoms with Gasteiger partial charge in [0, 0.05) is 18.9 Å². The first-order chi connectivity index (χ1) is 46.0. The number of hydrogen-bond acceptors (Lipinski definition) is 25. The number of carbonyl (C=O) groups is 4. The predicted octanol–water partition coefficient (Wildman–Crippen LogP) is 7.21. The fraction of sp³-hybridized carbons (Fsp3) is 0.831. The molecule has 1 aromatic carbocycles. The number of hydrogen-bond donors (Lipinski definition) is 7. The van der Waals surface area contributed by atoms with E-state index in [1.54, 1.807) is 51.1 Å². The summed E-state index contributed by atoms with van der Waals surface area (Å²) in [4.78, 5) is 55.8. The molecule has 6 fully saturated rings. The fourth-order valence-electron chi connectivity index (χ4n) is 13.1. The van der Waals surface area contributed by atoms with E-state index >= 15 is 0 Å². The second-order valence-corrected chi connectivity index (χ2v) is 27.1. The largest absolute Gasteiger partial charge is 0.456 e. The molecule has 6 aliphatic heterocycles. The van der Waals surface area contributed by atoms with E-state index in [9.17, 15) is 54.9 Å². The van der Waals surface area contributed by atoms with Gasteiger partial charge in [-0.25, -0.2) is 4.79 Å². The van der Waals surface area contributed by atoms with E-state index in [0.29, 0.717) is 44.1 Å². The van der Waals surface area contributed by atoms with Crippen LogP contribution in [0.25, 0.3) is 6.08 Å². The zero-order chi connectivity index (χ0) is 69.6. The first kappa shape index (κ1) is 79.5. The van der Waals surface area contributed by atoms with Gasteiger partial charge in [-0.2, -0.15) is 0 Å². The molecule has 6 heterocycles. The lowest BCUT2D eigenvalue weighted by Crippen LogP contribution is -2.68. The van der Waals surface area contributed by atoms with E-state index in [0.717, 1.165) is 102 Å². The normalized spacial score (nSPS) is 38.9. The molecule has 548 valence electrons. The predicted molar refractivity (Wildman–Crippen MR) is 345 cm³/mol. The van der Waals surface area contributed by atoms with Crippen molar-refractivity contribution in [2.75, 3.05) is 0 Å². The van der Waals surface area contributed by atoms with E-state index < -0.39 is 183 Å². The fourth-order valence-corrected chi connectivity index (χ4v) is 13.1. The third kappa shape index (κ3) is 22.6. The lowest BCUT2D eigenvalue weighted by molar-refractivity contribution is -0.399. The van der Waals surface area contributed by atoms with Gasteiger partial charge in [0.2, 0.25) is 0 Å². The molecule has 7 rings (SSSR count). The van der Waals surface area contributed by atoms with Crippen molar-refractivity contribution in [2.24, 2.45) is 5.92 Å². The van der Waals surface area contributed by atoms with Gasteiger partial charge in [0.1, 0.15) is 67.1 Å². The average Bonchev–Trinajstić information content (AvgIpc) is 0.772. The van der Waals surface area contributed by atoms with Crippen LogP contribution in [0.3, 0.4) is 0 Å². The Morgan fingerprint density at radius 1 is 0.500 bits per heavy atom. The van der Waals surface area contributed by atoms with Crippen molar-refractivity contribution in [1.82, 2.24) is 0 Å². The van der Waals surface area contributed by atoms with Crippen LogP contribution in [0, 0.1) is 5.92 Å². The topological polar surface area (TPSA) is 339 Å². The van der Waals surface area contributed by atoms with Crippen molar-refractivity contribution in [2.45, 2.75) is 370 Å².